The highest BCUT2D eigenvalue weighted by Gasteiger charge is 2.15. The standard InChI is InChI=1S/C15H16N4O/c1-20-12-5-2-4-11(10-12)14-13(6-7-16)15-17-8-3-9-19(15)18-14/h2-5,8-10H,6-7,16H2,1H3. The first-order valence-electron chi connectivity index (χ1n) is 6.50. The minimum absolute atomic E-state index is 0.564. The van der Waals surface area contributed by atoms with Crippen LogP contribution in [0.2, 0.25) is 0 Å². The van der Waals surface area contributed by atoms with E-state index >= 15 is 0 Å². The van der Waals surface area contributed by atoms with Gasteiger partial charge in [-0.15, -0.1) is 0 Å². The molecule has 0 bridgehead atoms. The Bertz CT molecular complexity index is 736. The van der Waals surface area contributed by atoms with Crippen molar-refractivity contribution in [1.29, 1.82) is 0 Å². The van der Waals surface area contributed by atoms with E-state index in [1.165, 1.54) is 0 Å². The lowest BCUT2D eigenvalue weighted by Gasteiger charge is -2.04. The Morgan fingerprint density at radius 3 is 3.00 bits per heavy atom. The molecule has 0 amide bonds. The zero-order valence-corrected chi connectivity index (χ0v) is 11.3. The van der Waals surface area contributed by atoms with Crippen LogP contribution in [-0.2, 0) is 6.42 Å². The third-order valence-corrected chi connectivity index (χ3v) is 3.23. The number of fused-ring (bicyclic) bond motifs is 1. The Morgan fingerprint density at radius 1 is 1.30 bits per heavy atom. The summed E-state index contributed by atoms with van der Waals surface area (Å²) >= 11 is 0. The molecule has 0 aliphatic carbocycles. The van der Waals surface area contributed by atoms with Crippen LogP contribution in [0.15, 0.2) is 42.7 Å². The molecule has 0 saturated heterocycles. The molecule has 0 aliphatic rings. The van der Waals surface area contributed by atoms with Crippen molar-refractivity contribution in [2.75, 3.05) is 13.7 Å². The normalized spacial score (nSPS) is 10.9. The van der Waals surface area contributed by atoms with Crippen LogP contribution in [0.3, 0.4) is 0 Å². The quantitative estimate of drug-likeness (QED) is 0.785. The van der Waals surface area contributed by atoms with Gasteiger partial charge in [-0.25, -0.2) is 9.50 Å². The van der Waals surface area contributed by atoms with Gasteiger partial charge in [0.1, 0.15) is 5.75 Å². The summed E-state index contributed by atoms with van der Waals surface area (Å²) in [5, 5.41) is 4.62. The third kappa shape index (κ3) is 2.12. The number of nitrogens with two attached hydrogens (primary N) is 1. The van der Waals surface area contributed by atoms with Gasteiger partial charge in [0, 0.05) is 23.5 Å². The second kappa shape index (κ2) is 5.30. The summed E-state index contributed by atoms with van der Waals surface area (Å²) in [6, 6.07) is 9.73. The number of aromatic nitrogens is 3. The molecule has 2 aromatic heterocycles. The third-order valence-electron chi connectivity index (χ3n) is 3.23. The van der Waals surface area contributed by atoms with Crippen LogP contribution in [0.25, 0.3) is 16.9 Å². The fourth-order valence-electron chi connectivity index (χ4n) is 2.31. The minimum Gasteiger partial charge on any atom is -0.497 e. The van der Waals surface area contributed by atoms with Crippen LogP contribution in [0.4, 0.5) is 0 Å². The summed E-state index contributed by atoms with van der Waals surface area (Å²) in [6.45, 7) is 0.564. The Hall–Kier alpha value is -2.40. The second-order valence-corrected chi connectivity index (χ2v) is 4.49. The van der Waals surface area contributed by atoms with Gasteiger partial charge < -0.3 is 10.5 Å². The fraction of sp³-hybridized carbons (Fsp3) is 0.200. The topological polar surface area (TPSA) is 65.4 Å². The first kappa shape index (κ1) is 12.6. The summed E-state index contributed by atoms with van der Waals surface area (Å²) in [5.74, 6) is 0.811. The minimum atomic E-state index is 0.564. The molecule has 0 spiro atoms. The molecule has 3 rings (SSSR count). The lowest BCUT2D eigenvalue weighted by molar-refractivity contribution is 0.415. The monoisotopic (exact) mass is 268 g/mol. The molecule has 3 aromatic rings. The second-order valence-electron chi connectivity index (χ2n) is 4.49. The number of hydrogen-bond acceptors (Lipinski definition) is 4. The highest BCUT2D eigenvalue weighted by Crippen LogP contribution is 2.28. The summed E-state index contributed by atoms with van der Waals surface area (Å²) in [7, 11) is 1.66. The van der Waals surface area contributed by atoms with Crippen molar-refractivity contribution >= 4 is 5.65 Å². The van der Waals surface area contributed by atoms with E-state index in [9.17, 15) is 0 Å². The number of hydrogen-bond donors (Lipinski definition) is 1. The van der Waals surface area contributed by atoms with Gasteiger partial charge in [0.05, 0.1) is 12.8 Å². The zero-order chi connectivity index (χ0) is 13.9. The van der Waals surface area contributed by atoms with E-state index in [0.29, 0.717) is 6.54 Å². The van der Waals surface area contributed by atoms with Crippen molar-refractivity contribution in [2.45, 2.75) is 6.42 Å². The van der Waals surface area contributed by atoms with Crippen LogP contribution in [0, 0.1) is 0 Å². The van der Waals surface area contributed by atoms with Crippen LogP contribution in [0.1, 0.15) is 5.56 Å². The van der Waals surface area contributed by atoms with Crippen molar-refractivity contribution in [3.05, 3.63) is 48.3 Å². The predicted octanol–water partition coefficient (Wildman–Crippen LogP) is 1.91. The molecule has 20 heavy (non-hydrogen) atoms. The van der Waals surface area contributed by atoms with E-state index < -0.39 is 0 Å². The van der Waals surface area contributed by atoms with Gasteiger partial charge in [-0.1, -0.05) is 12.1 Å². The van der Waals surface area contributed by atoms with Gasteiger partial charge in [-0.2, -0.15) is 5.10 Å². The van der Waals surface area contributed by atoms with E-state index in [-0.39, 0.29) is 0 Å². The Kier molecular flexibility index (Phi) is 3.35. The van der Waals surface area contributed by atoms with Gasteiger partial charge >= 0.3 is 0 Å². The predicted molar refractivity (Wildman–Crippen MR) is 77.7 cm³/mol. The van der Waals surface area contributed by atoms with Crippen LogP contribution in [0.5, 0.6) is 5.75 Å². The van der Waals surface area contributed by atoms with Crippen molar-refractivity contribution in [3.63, 3.8) is 0 Å². The molecule has 5 nitrogen and oxygen atoms in total. The van der Waals surface area contributed by atoms with Gasteiger partial charge in [0.25, 0.3) is 0 Å². The average Bonchev–Trinajstić information content (AvgIpc) is 2.87. The van der Waals surface area contributed by atoms with Crippen LogP contribution >= 0.6 is 0 Å². The molecule has 0 aliphatic heterocycles. The summed E-state index contributed by atoms with van der Waals surface area (Å²) in [5.41, 5.74) is 9.57. The molecule has 102 valence electrons. The van der Waals surface area contributed by atoms with Crippen LogP contribution in [-0.4, -0.2) is 28.3 Å². The Morgan fingerprint density at radius 2 is 2.20 bits per heavy atom. The molecular weight excluding hydrogens is 252 g/mol. The van der Waals surface area contributed by atoms with Crippen molar-refractivity contribution in [3.8, 4) is 17.0 Å². The molecule has 0 atom stereocenters. The number of benzene rings is 1. The fourth-order valence-corrected chi connectivity index (χ4v) is 2.31. The van der Waals surface area contributed by atoms with E-state index in [4.69, 9.17) is 10.5 Å². The average molecular weight is 268 g/mol. The summed E-state index contributed by atoms with van der Waals surface area (Å²) < 4.78 is 7.07. The lowest BCUT2D eigenvalue weighted by atomic mass is 10.1. The van der Waals surface area contributed by atoms with E-state index in [0.717, 1.165) is 34.6 Å². The Balaban J connectivity index is 2.21. The maximum absolute atomic E-state index is 5.72. The largest absolute Gasteiger partial charge is 0.497 e. The maximum atomic E-state index is 5.72. The SMILES string of the molecule is COc1cccc(-c2nn3cccnc3c2CCN)c1. The molecule has 0 saturated carbocycles. The number of ether oxygens (including phenoxy) is 1. The number of methoxy groups -OCH3 is 1. The summed E-state index contributed by atoms with van der Waals surface area (Å²) in [4.78, 5) is 4.40. The molecule has 0 radical (unpaired) electrons. The van der Waals surface area contributed by atoms with E-state index in [1.807, 2.05) is 36.5 Å². The van der Waals surface area contributed by atoms with Gasteiger partial charge in [0.15, 0.2) is 5.65 Å². The van der Waals surface area contributed by atoms with Crippen molar-refractivity contribution in [2.24, 2.45) is 5.73 Å². The molecule has 0 unspecified atom stereocenters. The molecular formula is C15H16N4O. The highest BCUT2D eigenvalue weighted by molar-refractivity contribution is 5.71. The zero-order valence-electron chi connectivity index (χ0n) is 11.3. The smallest absolute Gasteiger partial charge is 0.158 e. The van der Waals surface area contributed by atoms with Crippen molar-refractivity contribution in [1.82, 2.24) is 14.6 Å². The molecule has 5 heteroatoms. The van der Waals surface area contributed by atoms with E-state index in [2.05, 4.69) is 10.1 Å². The van der Waals surface area contributed by atoms with Gasteiger partial charge in [0.2, 0.25) is 0 Å². The highest BCUT2D eigenvalue weighted by atomic mass is 16.5. The number of nitrogens with zero attached hydrogens (tertiary/aromatic N) is 3. The van der Waals surface area contributed by atoms with Gasteiger partial charge in [-0.05, 0) is 31.2 Å². The van der Waals surface area contributed by atoms with E-state index in [1.54, 1.807) is 17.8 Å². The molecule has 2 heterocycles. The molecule has 1 aromatic carbocycles. The molecule has 2 N–H and O–H groups in total. The van der Waals surface area contributed by atoms with Crippen LogP contribution < -0.4 is 10.5 Å². The lowest BCUT2D eigenvalue weighted by Crippen LogP contribution is -2.03. The number of rotatable bonds is 4. The van der Waals surface area contributed by atoms with Gasteiger partial charge in [-0.3, -0.25) is 0 Å². The molecule has 0 fully saturated rings. The van der Waals surface area contributed by atoms with Crippen molar-refractivity contribution < 1.29 is 4.74 Å². The Labute approximate surface area is 117 Å². The first-order chi connectivity index (χ1) is 9.83. The summed E-state index contributed by atoms with van der Waals surface area (Å²) in [6.07, 6.45) is 4.41. The maximum Gasteiger partial charge on any atom is 0.158 e. The first-order valence-corrected chi connectivity index (χ1v) is 6.50.